The quantitative estimate of drug-likeness (QED) is 0.817. The first kappa shape index (κ1) is 15.3. The van der Waals surface area contributed by atoms with E-state index in [9.17, 15) is 0 Å². The van der Waals surface area contributed by atoms with Gasteiger partial charge in [-0.1, -0.05) is 26.2 Å². The number of nitrogens with one attached hydrogen (secondary N) is 1. The van der Waals surface area contributed by atoms with Crippen molar-refractivity contribution in [1.29, 1.82) is 0 Å². The van der Waals surface area contributed by atoms with Crippen molar-refractivity contribution in [2.45, 2.75) is 77.8 Å². The minimum Gasteiger partial charge on any atom is -0.311 e. The predicted molar refractivity (Wildman–Crippen MR) is 83.5 cm³/mol. The number of nitrogens with zero attached hydrogens (tertiary/aromatic N) is 1. The number of hydrogen-bond acceptors (Lipinski definition) is 2. The number of likely N-dealkylation sites (tertiary alicyclic amines) is 1. The highest BCUT2D eigenvalue weighted by Crippen LogP contribution is 2.27. The van der Waals surface area contributed by atoms with Gasteiger partial charge in [0.2, 0.25) is 0 Å². The molecule has 0 amide bonds. The molecule has 2 fully saturated rings. The van der Waals surface area contributed by atoms with Crippen LogP contribution in [0.5, 0.6) is 0 Å². The fraction of sp³-hybridized carbons (Fsp3) is 1.00. The monoisotopic (exact) mass is 266 g/mol. The van der Waals surface area contributed by atoms with Crippen LogP contribution in [0.4, 0.5) is 0 Å². The highest BCUT2D eigenvalue weighted by Gasteiger charge is 2.27. The summed E-state index contributed by atoms with van der Waals surface area (Å²) in [6.45, 7) is 11.0. The third kappa shape index (κ3) is 4.46. The van der Waals surface area contributed by atoms with E-state index in [1.54, 1.807) is 0 Å². The van der Waals surface area contributed by atoms with Crippen LogP contribution in [0.25, 0.3) is 0 Å². The Hall–Kier alpha value is -0.0800. The lowest BCUT2D eigenvalue weighted by Crippen LogP contribution is -2.48. The number of rotatable bonds is 5. The van der Waals surface area contributed by atoms with Gasteiger partial charge in [0.25, 0.3) is 0 Å². The van der Waals surface area contributed by atoms with Gasteiger partial charge in [-0.25, -0.2) is 0 Å². The molecule has 1 aliphatic heterocycles. The zero-order valence-electron chi connectivity index (χ0n) is 13.3. The molecule has 2 heteroatoms. The zero-order valence-corrected chi connectivity index (χ0v) is 13.3. The Morgan fingerprint density at radius 2 is 1.58 bits per heavy atom. The van der Waals surface area contributed by atoms with Crippen molar-refractivity contribution in [3.8, 4) is 0 Å². The Kier molecular flexibility index (Phi) is 6.15. The second kappa shape index (κ2) is 7.64. The van der Waals surface area contributed by atoms with E-state index in [1.807, 2.05) is 0 Å². The summed E-state index contributed by atoms with van der Waals surface area (Å²) in [6.07, 6.45) is 10.1. The van der Waals surface area contributed by atoms with Crippen molar-refractivity contribution in [3.05, 3.63) is 0 Å². The lowest BCUT2D eigenvalue weighted by Gasteiger charge is -2.38. The maximum atomic E-state index is 3.94. The Labute approximate surface area is 120 Å². The molecule has 1 saturated heterocycles. The van der Waals surface area contributed by atoms with Crippen LogP contribution >= 0.6 is 0 Å². The van der Waals surface area contributed by atoms with Gasteiger partial charge in [-0.2, -0.15) is 0 Å². The van der Waals surface area contributed by atoms with Crippen molar-refractivity contribution in [2.75, 3.05) is 19.6 Å². The maximum absolute atomic E-state index is 3.94. The highest BCUT2D eigenvalue weighted by molar-refractivity contribution is 4.84. The fourth-order valence-electron chi connectivity index (χ4n) is 4.11. The summed E-state index contributed by atoms with van der Waals surface area (Å²) in [7, 11) is 0. The average molecular weight is 266 g/mol. The van der Waals surface area contributed by atoms with E-state index in [0.29, 0.717) is 12.1 Å². The normalized spacial score (nSPS) is 30.2. The lowest BCUT2D eigenvalue weighted by molar-refractivity contribution is 0.144. The minimum absolute atomic E-state index is 0.686. The molecular formula is C17H34N2. The Balaban J connectivity index is 1.77. The molecule has 0 bridgehead atoms. The Morgan fingerprint density at radius 3 is 2.26 bits per heavy atom. The van der Waals surface area contributed by atoms with Gasteiger partial charge in [0.1, 0.15) is 0 Å². The molecule has 1 N–H and O–H groups in total. The Bertz CT molecular complexity index is 248. The van der Waals surface area contributed by atoms with Gasteiger partial charge >= 0.3 is 0 Å². The maximum Gasteiger partial charge on any atom is 0.00818 e. The first-order chi connectivity index (χ1) is 9.20. The van der Waals surface area contributed by atoms with Gasteiger partial charge in [-0.3, -0.25) is 0 Å². The molecule has 2 rings (SSSR count). The molecule has 2 nitrogen and oxygen atoms in total. The lowest BCUT2D eigenvalue weighted by atomic mass is 9.83. The summed E-state index contributed by atoms with van der Waals surface area (Å²) in [5, 5.41) is 3.94. The van der Waals surface area contributed by atoms with Crippen molar-refractivity contribution in [1.82, 2.24) is 10.2 Å². The number of hydrogen-bond donors (Lipinski definition) is 1. The summed E-state index contributed by atoms with van der Waals surface area (Å²) in [5.41, 5.74) is 0. The van der Waals surface area contributed by atoms with Crippen molar-refractivity contribution < 1.29 is 0 Å². The van der Waals surface area contributed by atoms with Gasteiger partial charge < -0.3 is 10.2 Å². The van der Waals surface area contributed by atoms with E-state index in [1.165, 1.54) is 64.6 Å². The fourth-order valence-corrected chi connectivity index (χ4v) is 4.11. The van der Waals surface area contributed by atoms with Gasteiger partial charge in [0.15, 0.2) is 0 Å². The highest BCUT2D eigenvalue weighted by atomic mass is 15.1. The first-order valence-electron chi connectivity index (χ1n) is 8.69. The van der Waals surface area contributed by atoms with Crippen molar-refractivity contribution >= 4 is 0 Å². The standard InChI is InChI=1S/C17H34N2/c1-4-19-12-8-11-17(13-19)15(3)18-14(2)16-9-6-5-7-10-16/h14-18H,4-13H2,1-3H3/t14-,15?,17?/m1/s1. The topological polar surface area (TPSA) is 15.3 Å². The number of piperidine rings is 1. The molecule has 1 saturated carbocycles. The second-order valence-electron chi connectivity index (χ2n) is 6.94. The first-order valence-corrected chi connectivity index (χ1v) is 8.69. The van der Waals surface area contributed by atoms with Crippen LogP contribution in [-0.4, -0.2) is 36.6 Å². The van der Waals surface area contributed by atoms with Crippen molar-refractivity contribution in [2.24, 2.45) is 11.8 Å². The molecule has 0 radical (unpaired) electrons. The Morgan fingerprint density at radius 1 is 0.947 bits per heavy atom. The smallest absolute Gasteiger partial charge is 0.00818 e. The third-order valence-electron chi connectivity index (χ3n) is 5.58. The van der Waals surface area contributed by atoms with Crippen molar-refractivity contribution in [3.63, 3.8) is 0 Å². The van der Waals surface area contributed by atoms with E-state index in [-0.39, 0.29) is 0 Å². The summed E-state index contributed by atoms with van der Waals surface area (Å²) in [6, 6.07) is 1.40. The molecule has 0 aromatic rings. The third-order valence-corrected chi connectivity index (χ3v) is 5.58. The summed E-state index contributed by atoms with van der Waals surface area (Å²) < 4.78 is 0. The van der Waals surface area contributed by atoms with Gasteiger partial charge in [0.05, 0.1) is 0 Å². The van der Waals surface area contributed by atoms with E-state index in [0.717, 1.165) is 11.8 Å². The molecule has 0 spiro atoms. The largest absolute Gasteiger partial charge is 0.311 e. The SMILES string of the molecule is CCN1CCCC(C(C)N[C@H](C)C2CCCCC2)C1. The van der Waals surface area contributed by atoms with E-state index >= 15 is 0 Å². The molecule has 19 heavy (non-hydrogen) atoms. The molecule has 3 atom stereocenters. The van der Waals surface area contributed by atoms with Gasteiger partial charge in [0, 0.05) is 18.6 Å². The van der Waals surface area contributed by atoms with Crippen LogP contribution in [0, 0.1) is 11.8 Å². The zero-order chi connectivity index (χ0) is 13.7. The van der Waals surface area contributed by atoms with Gasteiger partial charge in [-0.15, -0.1) is 0 Å². The van der Waals surface area contributed by atoms with Crippen LogP contribution in [0.2, 0.25) is 0 Å². The molecule has 1 heterocycles. The van der Waals surface area contributed by atoms with Crippen LogP contribution < -0.4 is 5.32 Å². The van der Waals surface area contributed by atoms with Gasteiger partial charge in [-0.05, 0) is 64.5 Å². The predicted octanol–water partition coefficient (Wildman–Crippen LogP) is 3.67. The molecule has 1 aliphatic carbocycles. The molecule has 0 aromatic heterocycles. The minimum atomic E-state index is 0.686. The summed E-state index contributed by atoms with van der Waals surface area (Å²) in [4.78, 5) is 2.62. The van der Waals surface area contributed by atoms with E-state index in [4.69, 9.17) is 0 Å². The molecular weight excluding hydrogens is 232 g/mol. The van der Waals surface area contributed by atoms with Crippen LogP contribution in [-0.2, 0) is 0 Å². The second-order valence-corrected chi connectivity index (χ2v) is 6.94. The molecule has 112 valence electrons. The average Bonchev–Trinajstić information content (AvgIpc) is 2.48. The summed E-state index contributed by atoms with van der Waals surface area (Å²) in [5.74, 6) is 1.79. The van der Waals surface area contributed by atoms with Crippen LogP contribution in [0.3, 0.4) is 0 Å². The van der Waals surface area contributed by atoms with E-state index < -0.39 is 0 Å². The molecule has 2 unspecified atom stereocenters. The van der Waals surface area contributed by atoms with Crippen LogP contribution in [0.1, 0.15) is 65.7 Å². The molecule has 0 aromatic carbocycles. The summed E-state index contributed by atoms with van der Waals surface area (Å²) >= 11 is 0. The van der Waals surface area contributed by atoms with Crippen LogP contribution in [0.15, 0.2) is 0 Å². The van der Waals surface area contributed by atoms with E-state index in [2.05, 4.69) is 31.0 Å². The molecule has 2 aliphatic rings.